The van der Waals surface area contributed by atoms with Crippen LogP contribution in [0.15, 0.2) is 12.1 Å². The van der Waals surface area contributed by atoms with E-state index in [2.05, 4.69) is 0 Å². The normalized spacial score (nSPS) is 14.8. The third-order valence-corrected chi connectivity index (χ3v) is 3.18. The molecule has 0 saturated heterocycles. The van der Waals surface area contributed by atoms with Gasteiger partial charge in [0.25, 0.3) is 5.78 Å². The van der Waals surface area contributed by atoms with E-state index in [-0.39, 0.29) is 11.3 Å². The minimum atomic E-state index is -1.52. The van der Waals surface area contributed by atoms with Crippen LogP contribution in [0.25, 0.3) is 0 Å². The molecule has 1 aromatic rings. The first-order chi connectivity index (χ1) is 8.11. The number of Topliss-reactive ketones (excluding diaryl/α,β-unsaturated/α-hetero) is 1. The second-order valence-electron chi connectivity index (χ2n) is 4.29. The van der Waals surface area contributed by atoms with Crippen LogP contribution in [0.4, 0.5) is 0 Å². The first kappa shape index (κ1) is 11.6. The molecule has 0 saturated carbocycles. The van der Waals surface area contributed by atoms with Crippen molar-refractivity contribution >= 4 is 11.8 Å². The van der Waals surface area contributed by atoms with E-state index < -0.39 is 11.8 Å². The maximum absolute atomic E-state index is 11.6. The number of fused-ring (bicyclic) bond motifs is 1. The number of carboxylic acid groups (broad SMARTS) is 1. The van der Waals surface area contributed by atoms with Gasteiger partial charge in [-0.3, -0.25) is 4.79 Å². The van der Waals surface area contributed by atoms with Gasteiger partial charge in [0.05, 0.1) is 5.56 Å². The Morgan fingerprint density at radius 3 is 2.47 bits per heavy atom. The lowest BCUT2D eigenvalue weighted by Gasteiger charge is -2.11. The number of aromatic hydroxyl groups is 1. The first-order valence-corrected chi connectivity index (χ1v) is 5.72. The summed E-state index contributed by atoms with van der Waals surface area (Å²) in [5.74, 6) is -2.75. The quantitative estimate of drug-likeness (QED) is 0.466. The number of hydrogen-bond acceptors (Lipinski definition) is 3. The standard InChI is InChI=1S/C13H14O4/c14-10-7-6-8-4-2-1-3-5-9(8)11(10)12(15)13(16)17/h6-7,14H,1-5H2,(H,16,17). The molecule has 1 aromatic carbocycles. The molecule has 4 nitrogen and oxygen atoms in total. The minimum absolute atomic E-state index is 0.0168. The minimum Gasteiger partial charge on any atom is -0.507 e. The Morgan fingerprint density at radius 2 is 1.76 bits per heavy atom. The van der Waals surface area contributed by atoms with Crippen LogP contribution >= 0.6 is 0 Å². The summed E-state index contributed by atoms with van der Waals surface area (Å²) < 4.78 is 0. The summed E-state index contributed by atoms with van der Waals surface area (Å²) in [5, 5.41) is 18.5. The number of aryl methyl sites for hydroxylation is 1. The van der Waals surface area contributed by atoms with E-state index in [0.717, 1.165) is 36.8 Å². The predicted octanol–water partition coefficient (Wildman–Crippen LogP) is 1.93. The third kappa shape index (κ3) is 2.16. The number of benzene rings is 1. The molecule has 0 bridgehead atoms. The summed E-state index contributed by atoms with van der Waals surface area (Å²) in [6, 6.07) is 3.20. The average Bonchev–Trinajstić information content (AvgIpc) is 2.53. The molecule has 0 heterocycles. The van der Waals surface area contributed by atoms with Crippen LogP contribution in [0.5, 0.6) is 5.75 Å². The fraction of sp³-hybridized carbons (Fsp3) is 0.385. The maximum Gasteiger partial charge on any atom is 0.377 e. The Labute approximate surface area is 98.9 Å². The van der Waals surface area contributed by atoms with Crippen molar-refractivity contribution in [3.8, 4) is 5.75 Å². The summed E-state index contributed by atoms with van der Waals surface area (Å²) >= 11 is 0. The van der Waals surface area contributed by atoms with Gasteiger partial charge in [-0.25, -0.2) is 4.79 Å². The van der Waals surface area contributed by atoms with Gasteiger partial charge in [-0.2, -0.15) is 0 Å². The maximum atomic E-state index is 11.6. The number of aliphatic carboxylic acids is 1. The van der Waals surface area contributed by atoms with Crippen LogP contribution < -0.4 is 0 Å². The Bertz CT molecular complexity index is 477. The van der Waals surface area contributed by atoms with Gasteiger partial charge in [0, 0.05) is 0 Å². The molecular formula is C13H14O4. The van der Waals surface area contributed by atoms with Gasteiger partial charge in [0.15, 0.2) is 0 Å². The van der Waals surface area contributed by atoms with Gasteiger partial charge in [-0.05, 0) is 42.9 Å². The highest BCUT2D eigenvalue weighted by atomic mass is 16.4. The van der Waals surface area contributed by atoms with Gasteiger partial charge in [-0.1, -0.05) is 12.5 Å². The lowest BCUT2D eigenvalue weighted by atomic mass is 9.94. The lowest BCUT2D eigenvalue weighted by Crippen LogP contribution is -2.16. The van der Waals surface area contributed by atoms with Crippen molar-refractivity contribution in [1.29, 1.82) is 0 Å². The smallest absolute Gasteiger partial charge is 0.377 e. The first-order valence-electron chi connectivity index (χ1n) is 5.72. The molecule has 0 amide bonds. The van der Waals surface area contributed by atoms with Crippen molar-refractivity contribution in [3.63, 3.8) is 0 Å². The van der Waals surface area contributed by atoms with Crippen molar-refractivity contribution in [3.05, 3.63) is 28.8 Å². The van der Waals surface area contributed by atoms with Crippen LogP contribution in [0.2, 0.25) is 0 Å². The summed E-state index contributed by atoms with van der Waals surface area (Å²) in [6.45, 7) is 0. The van der Waals surface area contributed by atoms with Crippen molar-refractivity contribution in [2.45, 2.75) is 32.1 Å². The van der Waals surface area contributed by atoms with Gasteiger partial charge < -0.3 is 10.2 Å². The van der Waals surface area contributed by atoms with E-state index in [4.69, 9.17) is 5.11 Å². The number of carbonyl (C=O) groups is 2. The SMILES string of the molecule is O=C(O)C(=O)c1c(O)ccc2c1CCCCC2. The topological polar surface area (TPSA) is 74.6 Å². The van der Waals surface area contributed by atoms with E-state index >= 15 is 0 Å². The average molecular weight is 234 g/mol. The monoisotopic (exact) mass is 234 g/mol. The Morgan fingerprint density at radius 1 is 1.06 bits per heavy atom. The Kier molecular flexibility index (Phi) is 3.13. The number of rotatable bonds is 2. The highest BCUT2D eigenvalue weighted by Gasteiger charge is 2.25. The van der Waals surface area contributed by atoms with E-state index in [0.29, 0.717) is 6.42 Å². The molecule has 0 unspecified atom stereocenters. The van der Waals surface area contributed by atoms with Crippen LogP contribution in [-0.2, 0) is 17.6 Å². The molecule has 0 spiro atoms. The zero-order valence-electron chi connectivity index (χ0n) is 9.40. The van der Waals surface area contributed by atoms with E-state index in [1.54, 1.807) is 6.07 Å². The molecule has 90 valence electrons. The highest BCUT2D eigenvalue weighted by Crippen LogP contribution is 2.30. The van der Waals surface area contributed by atoms with Gasteiger partial charge in [0.2, 0.25) is 0 Å². The van der Waals surface area contributed by atoms with E-state index in [9.17, 15) is 14.7 Å². The van der Waals surface area contributed by atoms with Crippen molar-refractivity contribution in [2.75, 3.05) is 0 Å². The molecular weight excluding hydrogens is 220 g/mol. The molecule has 0 atom stereocenters. The van der Waals surface area contributed by atoms with Crippen molar-refractivity contribution < 1.29 is 19.8 Å². The second-order valence-corrected chi connectivity index (χ2v) is 4.29. The summed E-state index contributed by atoms with van der Waals surface area (Å²) in [7, 11) is 0. The molecule has 1 aliphatic rings. The Balaban J connectivity index is 2.56. The zero-order valence-corrected chi connectivity index (χ0v) is 9.40. The van der Waals surface area contributed by atoms with Gasteiger partial charge in [-0.15, -0.1) is 0 Å². The molecule has 0 aromatic heterocycles. The van der Waals surface area contributed by atoms with E-state index in [1.165, 1.54) is 6.07 Å². The molecule has 0 fully saturated rings. The molecule has 2 rings (SSSR count). The molecule has 0 radical (unpaired) electrons. The predicted molar refractivity (Wildman–Crippen MR) is 61.3 cm³/mol. The van der Waals surface area contributed by atoms with E-state index in [1.807, 2.05) is 0 Å². The number of hydrogen-bond donors (Lipinski definition) is 2. The number of phenols is 1. The number of phenolic OH excluding ortho intramolecular Hbond substituents is 1. The summed E-state index contributed by atoms with van der Waals surface area (Å²) in [4.78, 5) is 22.4. The van der Waals surface area contributed by atoms with Crippen LogP contribution in [0.3, 0.4) is 0 Å². The molecule has 4 heteroatoms. The largest absolute Gasteiger partial charge is 0.507 e. The molecule has 2 N–H and O–H groups in total. The number of ketones is 1. The summed E-state index contributed by atoms with van der Waals surface area (Å²) in [5.41, 5.74) is 1.69. The fourth-order valence-electron chi connectivity index (χ4n) is 2.35. The lowest BCUT2D eigenvalue weighted by molar-refractivity contribution is -0.131. The number of carbonyl (C=O) groups excluding carboxylic acids is 1. The third-order valence-electron chi connectivity index (χ3n) is 3.18. The van der Waals surface area contributed by atoms with Crippen molar-refractivity contribution in [1.82, 2.24) is 0 Å². The zero-order chi connectivity index (χ0) is 12.4. The van der Waals surface area contributed by atoms with Crippen LogP contribution in [0, 0.1) is 0 Å². The number of carboxylic acids is 1. The second kappa shape index (κ2) is 4.57. The molecule has 1 aliphatic carbocycles. The van der Waals surface area contributed by atoms with Gasteiger partial charge >= 0.3 is 5.97 Å². The Hall–Kier alpha value is -1.84. The molecule has 17 heavy (non-hydrogen) atoms. The van der Waals surface area contributed by atoms with Crippen LogP contribution in [0.1, 0.15) is 40.7 Å². The summed E-state index contributed by atoms with van der Waals surface area (Å²) in [6.07, 6.45) is 4.54. The highest BCUT2D eigenvalue weighted by molar-refractivity contribution is 6.41. The van der Waals surface area contributed by atoms with Crippen LogP contribution in [-0.4, -0.2) is 22.0 Å². The molecule has 0 aliphatic heterocycles. The van der Waals surface area contributed by atoms with Crippen molar-refractivity contribution in [2.24, 2.45) is 0 Å². The van der Waals surface area contributed by atoms with Gasteiger partial charge in [0.1, 0.15) is 5.75 Å². The fourth-order valence-corrected chi connectivity index (χ4v) is 2.35.